The molecular weight excluding hydrogens is 339 g/mol. The number of thiazole rings is 1. The Morgan fingerprint density at radius 1 is 1.28 bits per heavy atom. The van der Waals surface area contributed by atoms with E-state index in [1.807, 2.05) is 19.9 Å². The summed E-state index contributed by atoms with van der Waals surface area (Å²) in [5.41, 5.74) is 3.71. The van der Waals surface area contributed by atoms with Crippen LogP contribution in [0.4, 0.5) is 9.52 Å². The van der Waals surface area contributed by atoms with Crippen LogP contribution in [0.1, 0.15) is 16.7 Å². The second-order valence-electron chi connectivity index (χ2n) is 5.66. The molecule has 128 valence electrons. The van der Waals surface area contributed by atoms with Crippen molar-refractivity contribution in [2.24, 2.45) is 0 Å². The van der Waals surface area contributed by atoms with Crippen molar-refractivity contribution in [3.05, 3.63) is 58.9 Å². The van der Waals surface area contributed by atoms with Crippen molar-refractivity contribution in [3.8, 4) is 5.75 Å². The Bertz CT molecular complexity index is 979. The smallest absolute Gasteiger partial charge is 0.250 e. The summed E-state index contributed by atoms with van der Waals surface area (Å²) in [6.45, 7) is 4.03. The van der Waals surface area contributed by atoms with Crippen LogP contribution in [0.5, 0.6) is 5.75 Å². The number of benzene rings is 2. The fourth-order valence-electron chi connectivity index (χ4n) is 2.53. The van der Waals surface area contributed by atoms with E-state index in [1.165, 1.54) is 36.7 Å². The van der Waals surface area contributed by atoms with Crippen LogP contribution >= 0.6 is 11.3 Å². The van der Waals surface area contributed by atoms with Crippen molar-refractivity contribution in [1.29, 1.82) is 0 Å². The molecule has 0 bridgehead atoms. The van der Waals surface area contributed by atoms with E-state index < -0.39 is 5.82 Å². The van der Waals surface area contributed by atoms with E-state index in [4.69, 9.17) is 4.74 Å². The molecule has 2 aromatic carbocycles. The Morgan fingerprint density at radius 3 is 2.80 bits per heavy atom. The number of carbonyl (C=O) groups is 1. The number of amides is 1. The first-order chi connectivity index (χ1) is 12.0. The van der Waals surface area contributed by atoms with Gasteiger partial charge in [0.1, 0.15) is 0 Å². The van der Waals surface area contributed by atoms with Crippen LogP contribution in [0.25, 0.3) is 16.3 Å². The van der Waals surface area contributed by atoms with E-state index >= 15 is 0 Å². The van der Waals surface area contributed by atoms with Gasteiger partial charge in [-0.15, -0.1) is 0 Å². The molecule has 1 N–H and O–H groups in total. The van der Waals surface area contributed by atoms with Crippen molar-refractivity contribution in [1.82, 2.24) is 4.98 Å². The van der Waals surface area contributed by atoms with Gasteiger partial charge in [0, 0.05) is 6.08 Å². The number of nitrogens with one attached hydrogen (secondary N) is 1. The highest BCUT2D eigenvalue weighted by molar-refractivity contribution is 7.22. The fraction of sp³-hybridized carbons (Fsp3) is 0.158. The average molecular weight is 356 g/mol. The molecule has 0 saturated carbocycles. The van der Waals surface area contributed by atoms with Gasteiger partial charge in [-0.05, 0) is 54.8 Å². The summed E-state index contributed by atoms with van der Waals surface area (Å²) in [5, 5.41) is 3.29. The lowest BCUT2D eigenvalue weighted by Crippen LogP contribution is -2.07. The van der Waals surface area contributed by atoms with Crippen LogP contribution in [-0.4, -0.2) is 18.0 Å². The van der Waals surface area contributed by atoms with E-state index in [9.17, 15) is 9.18 Å². The van der Waals surface area contributed by atoms with Crippen LogP contribution < -0.4 is 10.1 Å². The van der Waals surface area contributed by atoms with Gasteiger partial charge >= 0.3 is 0 Å². The molecule has 0 radical (unpaired) electrons. The highest BCUT2D eigenvalue weighted by atomic mass is 32.1. The van der Waals surface area contributed by atoms with Gasteiger partial charge in [0.2, 0.25) is 5.91 Å². The number of aryl methyl sites for hydroxylation is 2. The van der Waals surface area contributed by atoms with Crippen LogP contribution in [0.15, 0.2) is 36.4 Å². The predicted octanol–water partition coefficient (Wildman–Crippen LogP) is 4.71. The molecule has 0 spiro atoms. The first-order valence-corrected chi connectivity index (χ1v) is 8.48. The first kappa shape index (κ1) is 17.1. The molecule has 0 aliphatic rings. The number of halogens is 1. The molecule has 3 rings (SSSR count). The zero-order chi connectivity index (χ0) is 18.0. The summed E-state index contributed by atoms with van der Waals surface area (Å²) >= 11 is 1.43. The maximum absolute atomic E-state index is 13.6. The van der Waals surface area contributed by atoms with Gasteiger partial charge in [0.05, 0.1) is 17.3 Å². The maximum Gasteiger partial charge on any atom is 0.250 e. The molecule has 1 amide bonds. The van der Waals surface area contributed by atoms with E-state index in [-0.39, 0.29) is 11.7 Å². The zero-order valence-electron chi connectivity index (χ0n) is 14.1. The molecule has 0 atom stereocenters. The van der Waals surface area contributed by atoms with Gasteiger partial charge in [-0.2, -0.15) is 0 Å². The molecule has 25 heavy (non-hydrogen) atoms. The van der Waals surface area contributed by atoms with Crippen molar-refractivity contribution < 1.29 is 13.9 Å². The minimum absolute atomic E-state index is 0.168. The summed E-state index contributed by atoms with van der Waals surface area (Å²) in [4.78, 5) is 16.5. The van der Waals surface area contributed by atoms with Crippen molar-refractivity contribution >= 4 is 38.7 Å². The molecule has 4 nitrogen and oxygen atoms in total. The van der Waals surface area contributed by atoms with Crippen LogP contribution in [0.2, 0.25) is 0 Å². The van der Waals surface area contributed by atoms with Crippen LogP contribution in [-0.2, 0) is 4.79 Å². The highest BCUT2D eigenvalue weighted by Gasteiger charge is 2.09. The monoisotopic (exact) mass is 356 g/mol. The molecule has 0 aliphatic heterocycles. The largest absolute Gasteiger partial charge is 0.494 e. The predicted molar refractivity (Wildman–Crippen MR) is 99.7 cm³/mol. The molecular formula is C19H17FN2O2S. The van der Waals surface area contributed by atoms with Crippen molar-refractivity contribution in [3.63, 3.8) is 0 Å². The molecule has 0 unspecified atom stereocenters. The normalized spacial score (nSPS) is 11.2. The van der Waals surface area contributed by atoms with E-state index in [0.29, 0.717) is 10.7 Å². The van der Waals surface area contributed by atoms with Gasteiger partial charge in [-0.25, -0.2) is 9.37 Å². The standard InChI is InChI=1S/C19H17FN2O2S/c1-11-8-12(2)18-16(9-11)25-19(22-18)21-17(23)7-5-13-4-6-15(24-3)14(20)10-13/h4-10H,1-3H3,(H,21,22,23)/b7-5+. The molecule has 1 heterocycles. The van der Waals surface area contributed by atoms with E-state index in [2.05, 4.69) is 16.4 Å². The summed E-state index contributed by atoms with van der Waals surface area (Å²) in [6, 6.07) is 8.62. The number of rotatable bonds is 4. The van der Waals surface area contributed by atoms with Crippen LogP contribution in [0, 0.1) is 19.7 Å². The average Bonchev–Trinajstić information content (AvgIpc) is 2.95. The number of hydrogen-bond donors (Lipinski definition) is 1. The third kappa shape index (κ3) is 3.85. The zero-order valence-corrected chi connectivity index (χ0v) is 14.9. The summed E-state index contributed by atoms with van der Waals surface area (Å²) in [6.07, 6.45) is 2.89. The molecule has 0 fully saturated rings. The fourth-order valence-corrected chi connectivity index (χ4v) is 3.57. The first-order valence-electron chi connectivity index (χ1n) is 7.66. The highest BCUT2D eigenvalue weighted by Crippen LogP contribution is 2.29. The minimum Gasteiger partial charge on any atom is -0.494 e. The van der Waals surface area contributed by atoms with Crippen LogP contribution in [0.3, 0.4) is 0 Å². The Balaban J connectivity index is 1.74. The SMILES string of the molecule is COc1ccc(/C=C/C(=O)Nc2nc3c(C)cc(C)cc3s2)cc1F. The van der Waals surface area contributed by atoms with Gasteiger partial charge in [0.25, 0.3) is 0 Å². The Kier molecular flexibility index (Phi) is 4.81. The van der Waals surface area contributed by atoms with E-state index in [1.54, 1.807) is 12.1 Å². The molecule has 0 aliphatic carbocycles. The third-order valence-corrected chi connectivity index (χ3v) is 4.58. The lowest BCUT2D eigenvalue weighted by Gasteiger charge is -2.01. The van der Waals surface area contributed by atoms with E-state index in [0.717, 1.165) is 21.3 Å². The molecule has 3 aromatic rings. The third-order valence-electron chi connectivity index (χ3n) is 3.66. The Labute approximate surface area is 149 Å². The maximum atomic E-state index is 13.6. The Hall–Kier alpha value is -2.73. The molecule has 0 saturated heterocycles. The number of anilines is 1. The van der Waals surface area contributed by atoms with Crippen molar-refractivity contribution in [2.75, 3.05) is 12.4 Å². The van der Waals surface area contributed by atoms with Gasteiger partial charge in [-0.1, -0.05) is 23.5 Å². The topological polar surface area (TPSA) is 51.2 Å². The molecule has 6 heteroatoms. The number of nitrogens with zero attached hydrogens (tertiary/aromatic N) is 1. The Morgan fingerprint density at radius 2 is 2.08 bits per heavy atom. The number of methoxy groups -OCH3 is 1. The van der Waals surface area contributed by atoms with Gasteiger partial charge in [0.15, 0.2) is 16.7 Å². The summed E-state index contributed by atoms with van der Waals surface area (Å²) in [5.74, 6) is -0.617. The lowest BCUT2D eigenvalue weighted by atomic mass is 10.1. The second kappa shape index (κ2) is 7.03. The van der Waals surface area contributed by atoms with Gasteiger partial charge < -0.3 is 4.74 Å². The number of ether oxygens (including phenoxy) is 1. The number of carbonyl (C=O) groups excluding carboxylic acids is 1. The number of hydrogen-bond acceptors (Lipinski definition) is 4. The van der Waals surface area contributed by atoms with Gasteiger partial charge in [-0.3, -0.25) is 10.1 Å². The second-order valence-corrected chi connectivity index (χ2v) is 6.69. The molecule has 1 aromatic heterocycles. The summed E-state index contributed by atoms with van der Waals surface area (Å²) in [7, 11) is 1.41. The summed E-state index contributed by atoms with van der Waals surface area (Å²) < 4.78 is 19.5. The lowest BCUT2D eigenvalue weighted by molar-refractivity contribution is -0.111. The minimum atomic E-state index is -0.470. The van der Waals surface area contributed by atoms with Crippen molar-refractivity contribution in [2.45, 2.75) is 13.8 Å². The number of aromatic nitrogens is 1. The quantitative estimate of drug-likeness (QED) is 0.689. The number of fused-ring (bicyclic) bond motifs is 1.